The molecule has 8 nitrogen and oxygen atoms in total. The predicted molar refractivity (Wildman–Crippen MR) is 108 cm³/mol. The summed E-state index contributed by atoms with van der Waals surface area (Å²) in [5.74, 6) is 1.43. The first-order chi connectivity index (χ1) is 14.5. The first-order valence-electron chi connectivity index (χ1n) is 10.3. The summed E-state index contributed by atoms with van der Waals surface area (Å²) in [4.78, 5) is 38.0. The molecule has 1 amide bonds. The van der Waals surface area contributed by atoms with Crippen LogP contribution >= 0.6 is 0 Å². The average Bonchev–Trinajstić information content (AvgIpc) is 3.20. The third kappa shape index (κ3) is 3.22. The van der Waals surface area contributed by atoms with Gasteiger partial charge in [0, 0.05) is 43.9 Å². The van der Waals surface area contributed by atoms with Gasteiger partial charge in [-0.15, -0.1) is 0 Å². The lowest BCUT2D eigenvalue weighted by molar-refractivity contribution is 0.0779. The number of rotatable bonds is 3. The van der Waals surface area contributed by atoms with E-state index >= 15 is 0 Å². The maximum Gasteiger partial charge on any atom is 0.263 e. The molecule has 0 saturated carbocycles. The smallest absolute Gasteiger partial charge is 0.263 e. The van der Waals surface area contributed by atoms with Gasteiger partial charge in [-0.2, -0.15) is 0 Å². The van der Waals surface area contributed by atoms with Gasteiger partial charge in [-0.25, -0.2) is 14.4 Å². The predicted octanol–water partition coefficient (Wildman–Crippen LogP) is 1.45. The first-order valence-corrected chi connectivity index (χ1v) is 10.3. The lowest BCUT2D eigenvalue weighted by Gasteiger charge is -2.43. The van der Waals surface area contributed by atoms with E-state index in [1.807, 2.05) is 12.1 Å². The summed E-state index contributed by atoms with van der Waals surface area (Å²) in [5, 5.41) is 0. The minimum Gasteiger partial charge on any atom is -0.481 e. The summed E-state index contributed by atoms with van der Waals surface area (Å²) in [7, 11) is 1.58. The fraction of sp³-hybridized carbons (Fsp3) is 0.524. The SMILES string of the molecule is COc1cc(N2C[C@@H]3C[C@H](C2)c2ccc(C(=O)N4CC[C@@H](F)C4)c(=O)n2C3)ncn1. The Labute approximate surface area is 173 Å². The van der Waals surface area contributed by atoms with Crippen molar-refractivity contribution in [3.05, 3.63) is 46.1 Å². The summed E-state index contributed by atoms with van der Waals surface area (Å²) in [5.41, 5.74) is 0.834. The molecular weight excluding hydrogens is 389 g/mol. The van der Waals surface area contributed by atoms with E-state index in [0.717, 1.165) is 31.0 Å². The van der Waals surface area contributed by atoms with Gasteiger partial charge in [0.2, 0.25) is 5.88 Å². The third-order valence-electron chi connectivity index (χ3n) is 6.41. The fourth-order valence-electron chi connectivity index (χ4n) is 4.98. The van der Waals surface area contributed by atoms with E-state index in [-0.39, 0.29) is 35.4 Å². The average molecular weight is 413 g/mol. The second-order valence-electron chi connectivity index (χ2n) is 8.35. The second kappa shape index (κ2) is 7.37. The zero-order valence-corrected chi connectivity index (χ0v) is 16.8. The number of hydrogen-bond donors (Lipinski definition) is 0. The molecular formula is C21H24FN5O3. The van der Waals surface area contributed by atoms with Crippen LogP contribution in [0.3, 0.4) is 0 Å². The number of ether oxygens (including phenoxy) is 1. The Hall–Kier alpha value is -2.97. The van der Waals surface area contributed by atoms with E-state index in [2.05, 4.69) is 14.9 Å². The first kappa shape index (κ1) is 19.0. The van der Waals surface area contributed by atoms with Crippen molar-refractivity contribution in [2.45, 2.75) is 31.5 Å². The van der Waals surface area contributed by atoms with Crippen molar-refractivity contribution in [1.29, 1.82) is 0 Å². The highest BCUT2D eigenvalue weighted by atomic mass is 19.1. The zero-order chi connectivity index (χ0) is 20.8. The molecule has 3 aliphatic heterocycles. The van der Waals surface area contributed by atoms with Crippen molar-refractivity contribution in [2.75, 3.05) is 38.2 Å². The van der Waals surface area contributed by atoms with Crippen molar-refractivity contribution in [2.24, 2.45) is 5.92 Å². The number of piperidine rings is 1. The van der Waals surface area contributed by atoms with Gasteiger partial charge in [0.25, 0.3) is 11.5 Å². The number of nitrogens with zero attached hydrogens (tertiary/aromatic N) is 5. The normalized spacial score (nSPS) is 25.2. The standard InChI is InChI=1S/C21H24FN5O3/c1-30-19-7-18(23-12-24-19)26-8-13-6-14(10-26)17-3-2-16(21(29)27(17)9-13)20(28)25-5-4-15(22)11-25/h2-3,7,12-15H,4-6,8-11H2,1H3/t13-,14+,15+/m0/s1. The minimum absolute atomic E-state index is 0.0721. The van der Waals surface area contributed by atoms with Crippen LogP contribution in [0.2, 0.25) is 0 Å². The largest absolute Gasteiger partial charge is 0.481 e. The number of amides is 1. The minimum atomic E-state index is -1.000. The molecule has 30 heavy (non-hydrogen) atoms. The van der Waals surface area contributed by atoms with Crippen LogP contribution in [-0.2, 0) is 6.54 Å². The van der Waals surface area contributed by atoms with Crippen LogP contribution in [0.4, 0.5) is 10.2 Å². The Morgan fingerprint density at radius 2 is 2.07 bits per heavy atom. The number of aromatic nitrogens is 3. The lowest BCUT2D eigenvalue weighted by atomic mass is 9.83. The van der Waals surface area contributed by atoms with E-state index in [1.54, 1.807) is 17.7 Å². The third-order valence-corrected chi connectivity index (χ3v) is 6.41. The summed E-state index contributed by atoms with van der Waals surface area (Å²) in [6.07, 6.45) is 1.84. The summed E-state index contributed by atoms with van der Waals surface area (Å²) >= 11 is 0. The summed E-state index contributed by atoms with van der Waals surface area (Å²) in [6, 6.07) is 5.34. The number of methoxy groups -OCH3 is 1. The molecule has 5 rings (SSSR count). The number of fused-ring (bicyclic) bond motifs is 4. The van der Waals surface area contributed by atoms with Gasteiger partial charge in [0.15, 0.2) is 0 Å². The molecule has 0 aromatic carbocycles. The van der Waals surface area contributed by atoms with E-state index < -0.39 is 6.17 Å². The van der Waals surface area contributed by atoms with Crippen LogP contribution in [0.25, 0.3) is 0 Å². The Bertz CT molecular complexity index is 1040. The highest BCUT2D eigenvalue weighted by Crippen LogP contribution is 2.37. The molecule has 2 aromatic rings. The van der Waals surface area contributed by atoms with Gasteiger partial charge in [-0.1, -0.05) is 0 Å². The number of anilines is 1. The van der Waals surface area contributed by atoms with Crippen molar-refractivity contribution in [1.82, 2.24) is 19.4 Å². The van der Waals surface area contributed by atoms with Crippen LogP contribution in [0, 0.1) is 5.92 Å². The monoisotopic (exact) mass is 413 g/mol. The van der Waals surface area contributed by atoms with Gasteiger partial charge >= 0.3 is 0 Å². The number of carbonyl (C=O) groups excluding carboxylic acids is 1. The molecule has 5 heterocycles. The molecule has 158 valence electrons. The van der Waals surface area contributed by atoms with E-state index in [9.17, 15) is 14.0 Å². The van der Waals surface area contributed by atoms with Gasteiger partial charge in [0.05, 0.1) is 13.7 Å². The van der Waals surface area contributed by atoms with Crippen LogP contribution in [0.1, 0.15) is 34.8 Å². The molecule has 0 radical (unpaired) electrons. The number of likely N-dealkylation sites (tertiary alicyclic amines) is 1. The Balaban J connectivity index is 1.42. The number of halogens is 1. The summed E-state index contributed by atoms with van der Waals surface area (Å²) in [6.45, 7) is 2.51. The van der Waals surface area contributed by atoms with Gasteiger partial charge in [-0.05, 0) is 30.9 Å². The van der Waals surface area contributed by atoms with Gasteiger partial charge in [0.1, 0.15) is 23.9 Å². The Kier molecular flexibility index (Phi) is 4.67. The molecule has 0 aliphatic carbocycles. The van der Waals surface area contributed by atoms with Crippen LogP contribution in [0.15, 0.2) is 29.3 Å². The highest BCUT2D eigenvalue weighted by Gasteiger charge is 2.37. The number of carbonyl (C=O) groups is 1. The molecule has 3 atom stereocenters. The molecule has 0 N–H and O–H groups in total. The fourth-order valence-corrected chi connectivity index (χ4v) is 4.98. The topological polar surface area (TPSA) is 80.6 Å². The second-order valence-corrected chi connectivity index (χ2v) is 8.35. The quantitative estimate of drug-likeness (QED) is 0.758. The Morgan fingerprint density at radius 1 is 1.20 bits per heavy atom. The van der Waals surface area contributed by atoms with E-state index in [1.165, 1.54) is 11.2 Å². The van der Waals surface area contributed by atoms with Crippen molar-refractivity contribution in [3.8, 4) is 5.88 Å². The van der Waals surface area contributed by atoms with Crippen LogP contribution in [-0.4, -0.2) is 64.8 Å². The summed E-state index contributed by atoms with van der Waals surface area (Å²) < 4.78 is 20.5. The van der Waals surface area contributed by atoms with Crippen molar-refractivity contribution in [3.63, 3.8) is 0 Å². The zero-order valence-electron chi connectivity index (χ0n) is 16.8. The number of alkyl halides is 1. The molecule has 2 fully saturated rings. The maximum atomic E-state index is 13.5. The van der Waals surface area contributed by atoms with Crippen LogP contribution in [0.5, 0.6) is 5.88 Å². The van der Waals surface area contributed by atoms with Gasteiger partial charge < -0.3 is 19.1 Å². The molecule has 0 spiro atoms. The molecule has 2 bridgehead atoms. The lowest BCUT2D eigenvalue weighted by Crippen LogP contribution is -2.48. The van der Waals surface area contributed by atoms with E-state index in [0.29, 0.717) is 25.4 Å². The number of hydrogen-bond acceptors (Lipinski definition) is 6. The van der Waals surface area contributed by atoms with E-state index in [4.69, 9.17) is 4.74 Å². The molecule has 0 unspecified atom stereocenters. The van der Waals surface area contributed by atoms with Crippen LogP contribution < -0.4 is 15.2 Å². The van der Waals surface area contributed by atoms with Crippen molar-refractivity contribution >= 4 is 11.7 Å². The molecule has 3 aliphatic rings. The Morgan fingerprint density at radius 3 is 2.83 bits per heavy atom. The van der Waals surface area contributed by atoms with Crippen molar-refractivity contribution < 1.29 is 13.9 Å². The highest BCUT2D eigenvalue weighted by molar-refractivity contribution is 5.94. The molecule has 9 heteroatoms. The van der Waals surface area contributed by atoms with Gasteiger partial charge in [-0.3, -0.25) is 9.59 Å². The molecule has 2 aromatic heterocycles. The maximum absolute atomic E-state index is 13.5. The molecule has 2 saturated heterocycles. The number of pyridine rings is 1.